The molecule has 1 aromatic carbocycles. The van der Waals surface area contributed by atoms with Gasteiger partial charge in [-0.1, -0.05) is 18.2 Å². The third kappa shape index (κ3) is 4.49. The van der Waals surface area contributed by atoms with Crippen LogP contribution in [0.15, 0.2) is 30.3 Å². The molecule has 0 aliphatic carbocycles. The van der Waals surface area contributed by atoms with Crippen LogP contribution >= 0.6 is 0 Å². The minimum Gasteiger partial charge on any atom is -0.550 e. The summed E-state index contributed by atoms with van der Waals surface area (Å²) in [6.07, 6.45) is 1.71. The van der Waals surface area contributed by atoms with E-state index in [-0.39, 0.29) is 6.42 Å². The van der Waals surface area contributed by atoms with Crippen LogP contribution in [0.1, 0.15) is 19.3 Å². The number of rotatable bonds is 6. The number of carbonyl (C=O) groups excluding carboxylic acids is 1. The van der Waals surface area contributed by atoms with Crippen LogP contribution in [-0.4, -0.2) is 19.6 Å². The number of carboxylic acid groups (broad SMARTS) is 1. The van der Waals surface area contributed by atoms with E-state index in [4.69, 9.17) is 0 Å². The fourth-order valence-corrected chi connectivity index (χ4v) is 1.43. The number of aliphatic carboxylic acids is 1. The molecule has 3 nitrogen and oxygen atoms in total. The molecular formula is C12H16NO2-. The van der Waals surface area contributed by atoms with Crippen molar-refractivity contribution in [3.8, 4) is 0 Å². The Balaban J connectivity index is 2.25. The third-order valence-electron chi connectivity index (χ3n) is 2.32. The van der Waals surface area contributed by atoms with Crippen molar-refractivity contribution in [2.24, 2.45) is 0 Å². The summed E-state index contributed by atoms with van der Waals surface area (Å²) in [5, 5.41) is 10.2. The van der Waals surface area contributed by atoms with Crippen molar-refractivity contribution >= 4 is 11.7 Å². The van der Waals surface area contributed by atoms with Crippen molar-refractivity contribution in [1.82, 2.24) is 0 Å². The van der Waals surface area contributed by atoms with E-state index in [1.54, 1.807) is 0 Å². The van der Waals surface area contributed by atoms with Crippen molar-refractivity contribution in [3.63, 3.8) is 0 Å². The van der Waals surface area contributed by atoms with Gasteiger partial charge >= 0.3 is 0 Å². The standard InChI is InChI=1S/C12H17NO2/c1-13(10-6-5-9-12(14)15)11-7-3-2-4-8-11/h2-4,7-8H,5-6,9-10H2,1H3,(H,14,15)/p-1. The number of unbranched alkanes of at least 4 members (excludes halogenated alkanes) is 1. The Labute approximate surface area is 90.3 Å². The van der Waals surface area contributed by atoms with Gasteiger partial charge < -0.3 is 14.8 Å². The van der Waals surface area contributed by atoms with Crippen molar-refractivity contribution in [2.75, 3.05) is 18.5 Å². The molecule has 15 heavy (non-hydrogen) atoms. The van der Waals surface area contributed by atoms with Crippen molar-refractivity contribution in [2.45, 2.75) is 19.3 Å². The van der Waals surface area contributed by atoms with E-state index in [0.29, 0.717) is 6.42 Å². The van der Waals surface area contributed by atoms with Crippen LogP contribution in [0.3, 0.4) is 0 Å². The molecular weight excluding hydrogens is 190 g/mol. The lowest BCUT2D eigenvalue weighted by Crippen LogP contribution is -2.23. The van der Waals surface area contributed by atoms with Gasteiger partial charge in [0.05, 0.1) is 0 Å². The van der Waals surface area contributed by atoms with E-state index in [0.717, 1.165) is 18.7 Å². The third-order valence-corrected chi connectivity index (χ3v) is 2.32. The number of hydrogen-bond donors (Lipinski definition) is 0. The number of hydrogen-bond acceptors (Lipinski definition) is 3. The van der Waals surface area contributed by atoms with Crippen LogP contribution in [0.25, 0.3) is 0 Å². The zero-order chi connectivity index (χ0) is 11.1. The molecule has 0 N–H and O–H groups in total. The van der Waals surface area contributed by atoms with Gasteiger partial charge in [0.2, 0.25) is 0 Å². The fraction of sp³-hybridized carbons (Fsp3) is 0.417. The summed E-state index contributed by atoms with van der Waals surface area (Å²) in [7, 11) is 2.01. The molecule has 1 rings (SSSR count). The first-order valence-corrected chi connectivity index (χ1v) is 5.16. The summed E-state index contributed by atoms with van der Waals surface area (Å²) in [5.74, 6) is -0.961. The number of para-hydroxylation sites is 1. The second-order valence-corrected chi connectivity index (χ2v) is 3.59. The molecule has 0 heterocycles. The molecule has 0 spiro atoms. The summed E-state index contributed by atoms with van der Waals surface area (Å²) >= 11 is 0. The molecule has 0 amide bonds. The van der Waals surface area contributed by atoms with Gasteiger partial charge in [-0.3, -0.25) is 0 Å². The molecule has 0 saturated heterocycles. The van der Waals surface area contributed by atoms with Crippen molar-refractivity contribution < 1.29 is 9.90 Å². The summed E-state index contributed by atoms with van der Waals surface area (Å²) in [6.45, 7) is 0.872. The molecule has 0 unspecified atom stereocenters. The van der Waals surface area contributed by atoms with Gasteiger partial charge in [0, 0.05) is 25.2 Å². The van der Waals surface area contributed by atoms with Gasteiger partial charge in [-0.2, -0.15) is 0 Å². The Morgan fingerprint density at radius 3 is 2.53 bits per heavy atom. The van der Waals surface area contributed by atoms with Crippen LogP contribution in [0.2, 0.25) is 0 Å². The van der Waals surface area contributed by atoms with Gasteiger partial charge in [0.1, 0.15) is 0 Å². The number of carbonyl (C=O) groups is 1. The lowest BCUT2D eigenvalue weighted by molar-refractivity contribution is -0.305. The predicted octanol–water partition coefficient (Wildman–Crippen LogP) is 1.04. The molecule has 0 fully saturated rings. The van der Waals surface area contributed by atoms with Crippen molar-refractivity contribution in [1.29, 1.82) is 0 Å². The molecule has 1 aromatic rings. The number of anilines is 1. The van der Waals surface area contributed by atoms with E-state index in [9.17, 15) is 9.90 Å². The molecule has 3 heteroatoms. The molecule has 0 aliphatic rings. The van der Waals surface area contributed by atoms with Crippen LogP contribution in [-0.2, 0) is 4.79 Å². The lowest BCUT2D eigenvalue weighted by atomic mass is 10.2. The van der Waals surface area contributed by atoms with Gasteiger partial charge in [-0.05, 0) is 31.4 Å². The highest BCUT2D eigenvalue weighted by Gasteiger charge is 1.98. The Hall–Kier alpha value is -1.51. The highest BCUT2D eigenvalue weighted by atomic mass is 16.4. The molecule has 0 saturated carbocycles. The first-order chi connectivity index (χ1) is 7.20. The minimum atomic E-state index is -0.961. The highest BCUT2D eigenvalue weighted by Crippen LogP contribution is 2.11. The smallest absolute Gasteiger partial charge is 0.0414 e. The maximum Gasteiger partial charge on any atom is 0.0414 e. The van der Waals surface area contributed by atoms with E-state index in [1.165, 1.54) is 0 Å². The zero-order valence-corrected chi connectivity index (χ0v) is 8.98. The number of carboxylic acids is 1. The van der Waals surface area contributed by atoms with Gasteiger partial charge in [-0.25, -0.2) is 0 Å². The zero-order valence-electron chi connectivity index (χ0n) is 8.98. The second-order valence-electron chi connectivity index (χ2n) is 3.59. The van der Waals surface area contributed by atoms with E-state index < -0.39 is 5.97 Å². The minimum absolute atomic E-state index is 0.155. The van der Waals surface area contributed by atoms with Gasteiger partial charge in [0.25, 0.3) is 0 Å². The normalized spacial score (nSPS) is 9.93. The quantitative estimate of drug-likeness (QED) is 0.653. The first-order valence-electron chi connectivity index (χ1n) is 5.16. The van der Waals surface area contributed by atoms with E-state index in [1.807, 2.05) is 37.4 Å². The summed E-state index contributed by atoms with van der Waals surface area (Å²) in [6, 6.07) is 10.0. The van der Waals surface area contributed by atoms with Crippen LogP contribution in [0.4, 0.5) is 5.69 Å². The van der Waals surface area contributed by atoms with Crippen LogP contribution in [0, 0.1) is 0 Å². The summed E-state index contributed by atoms with van der Waals surface area (Å²) in [5.41, 5.74) is 1.16. The Bertz CT molecular complexity index is 298. The molecule has 0 bridgehead atoms. The predicted molar refractivity (Wildman–Crippen MR) is 58.6 cm³/mol. The first kappa shape index (κ1) is 11.6. The molecule has 82 valence electrons. The largest absolute Gasteiger partial charge is 0.550 e. The van der Waals surface area contributed by atoms with Gasteiger partial charge in [0.15, 0.2) is 0 Å². The average Bonchev–Trinajstić information content (AvgIpc) is 2.25. The maximum absolute atomic E-state index is 10.2. The Kier molecular flexibility index (Phi) is 4.68. The highest BCUT2D eigenvalue weighted by molar-refractivity contribution is 5.64. The fourth-order valence-electron chi connectivity index (χ4n) is 1.43. The van der Waals surface area contributed by atoms with Crippen LogP contribution < -0.4 is 10.0 Å². The summed E-state index contributed by atoms with van der Waals surface area (Å²) < 4.78 is 0. The molecule has 0 aliphatic heterocycles. The van der Waals surface area contributed by atoms with E-state index in [2.05, 4.69) is 4.90 Å². The SMILES string of the molecule is CN(CCCCC(=O)[O-])c1ccccc1. The number of nitrogens with zero attached hydrogens (tertiary/aromatic N) is 1. The average molecular weight is 206 g/mol. The monoisotopic (exact) mass is 206 g/mol. The Morgan fingerprint density at radius 2 is 1.93 bits per heavy atom. The topological polar surface area (TPSA) is 43.4 Å². The maximum atomic E-state index is 10.2. The lowest BCUT2D eigenvalue weighted by Gasteiger charge is -2.18. The Morgan fingerprint density at radius 1 is 1.27 bits per heavy atom. The molecule has 0 atom stereocenters. The van der Waals surface area contributed by atoms with Gasteiger partial charge in [-0.15, -0.1) is 0 Å². The van der Waals surface area contributed by atoms with E-state index >= 15 is 0 Å². The van der Waals surface area contributed by atoms with Crippen LogP contribution in [0.5, 0.6) is 0 Å². The number of benzene rings is 1. The second kappa shape index (κ2) is 6.06. The summed E-state index contributed by atoms with van der Waals surface area (Å²) in [4.78, 5) is 12.3. The molecule has 0 aromatic heterocycles. The molecule has 0 radical (unpaired) electrons. The van der Waals surface area contributed by atoms with Crippen molar-refractivity contribution in [3.05, 3.63) is 30.3 Å².